The largest absolute Gasteiger partial charge is 2.00 e. The van der Waals surface area contributed by atoms with E-state index in [9.17, 15) is 0 Å². The predicted molar refractivity (Wildman–Crippen MR) is 23.2 cm³/mol. The van der Waals surface area contributed by atoms with Crippen molar-refractivity contribution in [1.29, 1.82) is 0 Å². The number of hydrogen-bond acceptors (Lipinski definition) is 1. The molecule has 34 valence electrons. The average Bonchev–Trinajstić information content (AvgIpc) is 1.76. The van der Waals surface area contributed by atoms with Gasteiger partial charge in [0.1, 0.15) is 0 Å². The molecule has 0 aliphatic carbocycles. The van der Waals surface area contributed by atoms with Crippen LogP contribution in [0.3, 0.4) is 0 Å². The zero-order chi connectivity index (χ0) is 3.54. The summed E-state index contributed by atoms with van der Waals surface area (Å²) in [6.07, 6.45) is 5.83. The molecule has 0 fully saturated rings. The first-order chi connectivity index (χ1) is 2.50. The fourth-order valence-electron chi connectivity index (χ4n) is 0.186. The molecule has 0 saturated heterocycles. The van der Waals surface area contributed by atoms with Gasteiger partial charge in [0.15, 0.2) is 0 Å². The number of halogens is 1. The molecule has 1 N–H and O–H groups in total. The van der Waals surface area contributed by atoms with Gasteiger partial charge in [0, 0.05) is 0 Å². The van der Waals surface area contributed by atoms with E-state index in [0.29, 0.717) is 0 Å². The molecule has 1 heterocycles. The Labute approximate surface area is 68.6 Å². The summed E-state index contributed by atoms with van der Waals surface area (Å²) >= 11 is 0. The van der Waals surface area contributed by atoms with Crippen molar-refractivity contribution in [3.05, 3.63) is 18.7 Å². The molecule has 0 aliphatic heterocycles. The van der Waals surface area contributed by atoms with E-state index in [2.05, 4.69) is 16.3 Å². The Hall–Kier alpha value is 0.456. The minimum atomic E-state index is 0. The van der Waals surface area contributed by atoms with Gasteiger partial charge in [-0.1, -0.05) is 0 Å². The normalized spacial score (nSPS) is 5.71. The van der Waals surface area contributed by atoms with Gasteiger partial charge in [-0.3, -0.25) is 0 Å². The molecule has 0 radical (unpaired) electrons. The van der Waals surface area contributed by atoms with E-state index >= 15 is 0 Å². The van der Waals surface area contributed by atoms with Gasteiger partial charge in [0.25, 0.3) is 0 Å². The van der Waals surface area contributed by atoms with Crippen LogP contribution in [0.2, 0.25) is 0 Å². The topological polar surface area (TPSA) is 28.7 Å². The van der Waals surface area contributed by atoms with Crippen LogP contribution in [0.4, 0.5) is 0 Å². The van der Waals surface area contributed by atoms with Crippen molar-refractivity contribution < 1.29 is 17.0 Å². The Morgan fingerprint density at radius 2 is 2.29 bits per heavy atom. The maximum atomic E-state index is 3.54. The van der Waals surface area contributed by atoms with E-state index in [-0.39, 0.29) is 40.0 Å². The summed E-state index contributed by atoms with van der Waals surface area (Å²) in [7, 11) is 0. The predicted octanol–water partition coefficient (Wildman–Crippen LogP) is -3.17. The monoisotopic (exact) mass is 170 g/mol. The van der Waals surface area contributed by atoms with Gasteiger partial charge in [-0.05, 0) is 6.33 Å². The molecular formula is C3H3BrMgN2. The molecule has 1 rings (SSSR count). The number of imidazole rings is 1. The molecule has 0 saturated carbocycles. The van der Waals surface area contributed by atoms with Crippen molar-refractivity contribution in [1.82, 2.24) is 9.97 Å². The van der Waals surface area contributed by atoms with E-state index in [0.717, 1.165) is 0 Å². The minimum Gasteiger partial charge on any atom is -1.00 e. The molecule has 0 amide bonds. The molecule has 0 spiro atoms. The molecule has 0 unspecified atom stereocenters. The summed E-state index contributed by atoms with van der Waals surface area (Å²) in [4.78, 5) is 6.17. The van der Waals surface area contributed by atoms with Gasteiger partial charge in [0.2, 0.25) is 0 Å². The van der Waals surface area contributed by atoms with Gasteiger partial charge >= 0.3 is 23.1 Å². The van der Waals surface area contributed by atoms with Crippen LogP contribution in [0.1, 0.15) is 0 Å². The fraction of sp³-hybridized carbons (Fsp3) is 0. The number of aromatic amines is 1. The molecule has 0 aliphatic rings. The van der Waals surface area contributed by atoms with E-state index in [1.807, 2.05) is 0 Å². The third-order valence-corrected chi connectivity index (χ3v) is 0.362. The van der Waals surface area contributed by atoms with Crippen LogP contribution < -0.4 is 17.0 Å². The van der Waals surface area contributed by atoms with Crippen molar-refractivity contribution in [2.45, 2.75) is 0 Å². The smallest absolute Gasteiger partial charge is 1.00 e. The summed E-state index contributed by atoms with van der Waals surface area (Å²) in [6.45, 7) is 0. The zero-order valence-electron chi connectivity index (χ0n) is 3.69. The van der Waals surface area contributed by atoms with Crippen LogP contribution in [0.15, 0.2) is 12.4 Å². The standard InChI is InChI=1S/C3H3N2.BrH.Mg/c1-2-5-3-4-1;;/h1-2H,(H,4,5);1H;/q-1;;+2/p-1. The van der Waals surface area contributed by atoms with Crippen molar-refractivity contribution >= 4 is 23.1 Å². The number of rotatable bonds is 0. The molecule has 0 atom stereocenters. The Kier molecular flexibility index (Phi) is 9.63. The first-order valence-corrected chi connectivity index (χ1v) is 1.35. The Bertz CT molecular complexity index is 69.4. The summed E-state index contributed by atoms with van der Waals surface area (Å²) in [6, 6.07) is 0. The van der Waals surface area contributed by atoms with E-state index in [1.165, 1.54) is 0 Å². The number of nitrogens with zero attached hydrogens (tertiary/aromatic N) is 1. The Morgan fingerprint density at radius 1 is 1.57 bits per heavy atom. The molecule has 1 aromatic heterocycles. The quantitative estimate of drug-likeness (QED) is 0.324. The summed E-state index contributed by atoms with van der Waals surface area (Å²) in [5.74, 6) is 0. The van der Waals surface area contributed by atoms with Crippen molar-refractivity contribution in [3.63, 3.8) is 0 Å². The first kappa shape index (κ1) is 10.4. The third-order valence-electron chi connectivity index (χ3n) is 0.362. The van der Waals surface area contributed by atoms with Gasteiger partial charge in [-0.25, -0.2) is 0 Å². The zero-order valence-corrected chi connectivity index (χ0v) is 6.69. The Balaban J connectivity index is 0. The number of nitrogens with one attached hydrogen (secondary N) is 1. The van der Waals surface area contributed by atoms with Gasteiger partial charge < -0.3 is 26.9 Å². The minimum absolute atomic E-state index is 0. The van der Waals surface area contributed by atoms with E-state index in [1.54, 1.807) is 12.4 Å². The fourth-order valence-corrected chi connectivity index (χ4v) is 0.186. The molecule has 4 heteroatoms. The summed E-state index contributed by atoms with van der Waals surface area (Å²) in [5, 5.41) is 0. The van der Waals surface area contributed by atoms with Gasteiger partial charge in [-0.2, -0.15) is 0 Å². The maximum absolute atomic E-state index is 3.54. The Morgan fingerprint density at radius 3 is 2.43 bits per heavy atom. The molecule has 7 heavy (non-hydrogen) atoms. The van der Waals surface area contributed by atoms with E-state index < -0.39 is 0 Å². The number of hydrogen-bond donors (Lipinski definition) is 1. The first-order valence-electron chi connectivity index (χ1n) is 1.35. The van der Waals surface area contributed by atoms with Gasteiger partial charge in [0.05, 0.1) is 0 Å². The number of H-pyrrole nitrogens is 1. The van der Waals surface area contributed by atoms with Crippen LogP contribution in [0, 0.1) is 6.33 Å². The molecule has 0 aromatic carbocycles. The van der Waals surface area contributed by atoms with Crippen molar-refractivity contribution in [2.24, 2.45) is 0 Å². The molecule has 1 aromatic rings. The van der Waals surface area contributed by atoms with Crippen LogP contribution in [0.5, 0.6) is 0 Å². The van der Waals surface area contributed by atoms with Crippen LogP contribution >= 0.6 is 0 Å². The third kappa shape index (κ3) is 4.31. The average molecular weight is 171 g/mol. The molecular weight excluding hydrogens is 168 g/mol. The second-order valence-electron chi connectivity index (χ2n) is 0.701. The summed E-state index contributed by atoms with van der Waals surface area (Å²) in [5.41, 5.74) is 0. The van der Waals surface area contributed by atoms with Gasteiger partial charge in [-0.15, -0.1) is 12.4 Å². The van der Waals surface area contributed by atoms with Crippen LogP contribution in [-0.2, 0) is 0 Å². The maximum Gasteiger partial charge on any atom is 2.00 e. The van der Waals surface area contributed by atoms with Crippen molar-refractivity contribution in [3.8, 4) is 0 Å². The molecule has 0 bridgehead atoms. The second-order valence-corrected chi connectivity index (χ2v) is 0.701. The van der Waals surface area contributed by atoms with E-state index in [4.69, 9.17) is 0 Å². The second kappa shape index (κ2) is 6.46. The number of aromatic nitrogens is 2. The van der Waals surface area contributed by atoms with Crippen LogP contribution in [0.25, 0.3) is 0 Å². The summed E-state index contributed by atoms with van der Waals surface area (Å²) < 4.78 is 0. The molecule has 2 nitrogen and oxygen atoms in total. The van der Waals surface area contributed by atoms with Crippen molar-refractivity contribution in [2.75, 3.05) is 0 Å². The van der Waals surface area contributed by atoms with Crippen LogP contribution in [-0.4, -0.2) is 33.0 Å². The SMILES string of the molecule is [Br-].[Mg+2].[c-]1ncc[nH]1.